The predicted molar refractivity (Wildman–Crippen MR) is 194 cm³/mol. The fraction of sp³-hybridized carbons (Fsp3) is 0.342. The van der Waals surface area contributed by atoms with Crippen LogP contribution in [0.2, 0.25) is 0 Å². The molecule has 2 fully saturated rings. The quantitative estimate of drug-likeness (QED) is 0.217. The molecule has 12 heteroatoms. The molecule has 0 saturated carbocycles. The number of nitrogens with one attached hydrogen (secondary N) is 2. The van der Waals surface area contributed by atoms with Crippen LogP contribution in [0, 0.1) is 0 Å². The molecule has 1 aromatic heterocycles. The second-order valence-corrected chi connectivity index (χ2v) is 13.2. The van der Waals surface area contributed by atoms with Crippen molar-refractivity contribution in [3.05, 3.63) is 102 Å². The highest BCUT2D eigenvalue weighted by atomic mass is 16.3. The number of aliphatic hydroxyl groups is 1. The number of piperazine rings is 1. The lowest BCUT2D eigenvalue weighted by Crippen LogP contribution is -2.49. The SMILES string of the molecule is C=CC(=O)Nc1ccccc1-c1ccc(C(=O)N2CCC(O)(Cn3cnc4cc(NC(=O)CCN5CCN(C)CC5)ccc4c3=O)CC2)cc1. The first-order valence-corrected chi connectivity index (χ1v) is 17.0. The number of benzene rings is 3. The predicted octanol–water partition coefficient (Wildman–Crippen LogP) is 3.43. The second-order valence-electron chi connectivity index (χ2n) is 13.2. The molecule has 2 saturated heterocycles. The van der Waals surface area contributed by atoms with Crippen LogP contribution in [-0.4, -0.2) is 106 Å². The zero-order valence-electron chi connectivity index (χ0n) is 28.3. The van der Waals surface area contributed by atoms with Gasteiger partial charge in [0.25, 0.3) is 11.5 Å². The number of likely N-dealkylation sites (N-methyl/N-ethyl adjacent to an activating group) is 1. The molecule has 4 aromatic rings. The van der Waals surface area contributed by atoms with Crippen LogP contribution in [0.1, 0.15) is 29.6 Å². The molecule has 6 rings (SSSR count). The number of piperidine rings is 1. The maximum atomic E-state index is 13.4. The second kappa shape index (κ2) is 15.2. The van der Waals surface area contributed by atoms with Crippen LogP contribution in [0.25, 0.3) is 22.0 Å². The van der Waals surface area contributed by atoms with E-state index in [4.69, 9.17) is 0 Å². The lowest BCUT2D eigenvalue weighted by atomic mass is 9.90. The van der Waals surface area contributed by atoms with Gasteiger partial charge in [0.1, 0.15) is 0 Å². The summed E-state index contributed by atoms with van der Waals surface area (Å²) < 4.78 is 1.42. The minimum atomic E-state index is -1.18. The Morgan fingerprint density at radius 1 is 0.940 bits per heavy atom. The lowest BCUT2D eigenvalue weighted by Gasteiger charge is -2.38. The highest BCUT2D eigenvalue weighted by Gasteiger charge is 2.35. The standard InChI is InChI=1S/C38H43N7O5/c1-3-34(46)41-32-7-5-4-6-30(32)27-8-10-28(11-9-27)36(48)44-18-15-38(50,16-19-44)25-45-26-39-33-24-29(12-13-31(33)37(45)49)40-35(47)14-17-43-22-20-42(2)21-23-43/h3-13,24,26,50H,1,14-23,25H2,2H3,(H,40,47)(H,41,46). The molecule has 0 aliphatic carbocycles. The number of likely N-dealkylation sites (tertiary alicyclic amines) is 1. The first-order valence-electron chi connectivity index (χ1n) is 17.0. The number of hydrogen-bond donors (Lipinski definition) is 3. The Kier molecular flexibility index (Phi) is 10.5. The number of nitrogens with zero attached hydrogens (tertiary/aromatic N) is 5. The number of para-hydroxylation sites is 1. The third-order valence-electron chi connectivity index (χ3n) is 9.62. The third kappa shape index (κ3) is 8.16. The molecule has 2 aliphatic heterocycles. The average Bonchev–Trinajstić information content (AvgIpc) is 3.13. The van der Waals surface area contributed by atoms with Crippen molar-refractivity contribution in [1.29, 1.82) is 0 Å². The van der Waals surface area contributed by atoms with E-state index in [1.165, 1.54) is 17.0 Å². The van der Waals surface area contributed by atoms with Crippen LogP contribution < -0.4 is 16.2 Å². The van der Waals surface area contributed by atoms with Crippen LogP contribution in [-0.2, 0) is 16.1 Å². The van der Waals surface area contributed by atoms with Gasteiger partial charge >= 0.3 is 0 Å². The highest BCUT2D eigenvalue weighted by Crippen LogP contribution is 2.29. The zero-order valence-corrected chi connectivity index (χ0v) is 28.3. The third-order valence-corrected chi connectivity index (χ3v) is 9.62. The van der Waals surface area contributed by atoms with E-state index in [1.54, 1.807) is 35.2 Å². The van der Waals surface area contributed by atoms with Crippen molar-refractivity contribution >= 4 is 40.0 Å². The van der Waals surface area contributed by atoms with Crippen molar-refractivity contribution in [3.63, 3.8) is 0 Å². The van der Waals surface area contributed by atoms with Crippen LogP contribution in [0.3, 0.4) is 0 Å². The van der Waals surface area contributed by atoms with E-state index in [1.807, 2.05) is 36.4 Å². The van der Waals surface area contributed by atoms with Gasteiger partial charge in [-0.25, -0.2) is 4.98 Å². The maximum Gasteiger partial charge on any atom is 0.261 e. The van der Waals surface area contributed by atoms with Gasteiger partial charge in [-0.1, -0.05) is 36.9 Å². The Morgan fingerprint density at radius 2 is 1.66 bits per heavy atom. The number of aromatic nitrogens is 2. The van der Waals surface area contributed by atoms with E-state index in [9.17, 15) is 24.3 Å². The first-order chi connectivity index (χ1) is 24.1. The number of anilines is 2. The van der Waals surface area contributed by atoms with Crippen LogP contribution in [0.4, 0.5) is 11.4 Å². The molecule has 12 nitrogen and oxygen atoms in total. The largest absolute Gasteiger partial charge is 0.388 e. The Hall–Kier alpha value is -5.17. The summed E-state index contributed by atoms with van der Waals surface area (Å²) in [6, 6.07) is 19.7. The number of fused-ring (bicyclic) bond motifs is 1. The molecule has 3 N–H and O–H groups in total. The topological polar surface area (TPSA) is 140 Å². The van der Waals surface area contributed by atoms with Crippen LogP contribution >= 0.6 is 0 Å². The number of carbonyl (C=O) groups excluding carboxylic acids is 3. The van der Waals surface area contributed by atoms with Gasteiger partial charge in [-0.2, -0.15) is 0 Å². The van der Waals surface area contributed by atoms with Crippen molar-refractivity contribution in [2.75, 3.05) is 63.5 Å². The molecular formula is C38H43N7O5. The molecular weight excluding hydrogens is 634 g/mol. The molecule has 50 heavy (non-hydrogen) atoms. The fourth-order valence-corrected chi connectivity index (χ4v) is 6.51. The zero-order chi connectivity index (χ0) is 35.3. The van der Waals surface area contributed by atoms with Gasteiger partial charge in [-0.05, 0) is 67.9 Å². The van der Waals surface area contributed by atoms with Crippen LogP contribution in [0.5, 0.6) is 0 Å². The van der Waals surface area contributed by atoms with Crippen molar-refractivity contribution < 1.29 is 19.5 Å². The normalized spacial score (nSPS) is 16.6. The number of amides is 3. The molecule has 0 radical (unpaired) electrons. The van der Waals surface area contributed by atoms with Gasteiger partial charge in [-0.15, -0.1) is 0 Å². The smallest absolute Gasteiger partial charge is 0.261 e. The molecule has 0 bridgehead atoms. The van der Waals surface area contributed by atoms with E-state index >= 15 is 0 Å². The Labute approximate surface area is 291 Å². The van der Waals surface area contributed by atoms with Crippen LogP contribution in [0.15, 0.2) is 90.5 Å². The van der Waals surface area contributed by atoms with Crippen molar-refractivity contribution in [3.8, 4) is 11.1 Å². The number of rotatable bonds is 10. The molecule has 260 valence electrons. The lowest BCUT2D eigenvalue weighted by molar-refractivity contribution is -0.116. The van der Waals surface area contributed by atoms with Gasteiger partial charge < -0.3 is 30.4 Å². The summed E-state index contributed by atoms with van der Waals surface area (Å²) in [4.78, 5) is 62.0. The van der Waals surface area contributed by atoms with Gasteiger partial charge in [-0.3, -0.25) is 23.7 Å². The minimum Gasteiger partial charge on any atom is -0.388 e. The molecule has 0 atom stereocenters. The van der Waals surface area contributed by atoms with E-state index in [2.05, 4.69) is 39.0 Å². The van der Waals surface area contributed by atoms with E-state index < -0.39 is 5.60 Å². The van der Waals surface area contributed by atoms with Gasteiger partial charge in [0.15, 0.2) is 0 Å². The molecule has 3 heterocycles. The number of carbonyl (C=O) groups is 3. The summed E-state index contributed by atoms with van der Waals surface area (Å²) in [5.41, 5.74) is 2.42. The first kappa shape index (κ1) is 34.7. The van der Waals surface area contributed by atoms with Gasteiger partial charge in [0.05, 0.1) is 29.4 Å². The molecule has 0 spiro atoms. The fourth-order valence-electron chi connectivity index (χ4n) is 6.51. The molecule has 3 amide bonds. The van der Waals surface area contributed by atoms with Crippen molar-refractivity contribution in [1.82, 2.24) is 24.3 Å². The monoisotopic (exact) mass is 677 g/mol. The average molecular weight is 678 g/mol. The van der Waals surface area contributed by atoms with Gasteiger partial charge in [0.2, 0.25) is 11.8 Å². The Bertz CT molecular complexity index is 1940. The summed E-state index contributed by atoms with van der Waals surface area (Å²) in [6.07, 6.45) is 3.64. The summed E-state index contributed by atoms with van der Waals surface area (Å²) >= 11 is 0. The Balaban J connectivity index is 1.04. The summed E-state index contributed by atoms with van der Waals surface area (Å²) in [5.74, 6) is -0.532. The van der Waals surface area contributed by atoms with Crippen molar-refractivity contribution in [2.24, 2.45) is 0 Å². The maximum absolute atomic E-state index is 13.4. The molecule has 0 unspecified atom stereocenters. The summed E-state index contributed by atoms with van der Waals surface area (Å²) in [6.45, 7) is 8.83. The minimum absolute atomic E-state index is 0.0537. The van der Waals surface area contributed by atoms with Crippen molar-refractivity contribution in [2.45, 2.75) is 31.4 Å². The van der Waals surface area contributed by atoms with E-state index in [0.717, 1.165) is 37.3 Å². The highest BCUT2D eigenvalue weighted by molar-refractivity contribution is 6.02. The van der Waals surface area contributed by atoms with Gasteiger partial charge in [0, 0.05) is 74.7 Å². The summed E-state index contributed by atoms with van der Waals surface area (Å²) in [7, 11) is 2.10. The Morgan fingerprint density at radius 3 is 2.38 bits per heavy atom. The summed E-state index contributed by atoms with van der Waals surface area (Å²) in [5, 5.41) is 17.6. The molecule has 3 aromatic carbocycles. The number of hydrogen-bond acceptors (Lipinski definition) is 8. The van der Waals surface area contributed by atoms with E-state index in [0.29, 0.717) is 66.7 Å². The molecule has 2 aliphatic rings. The van der Waals surface area contributed by atoms with E-state index in [-0.39, 0.29) is 29.8 Å².